The van der Waals surface area contributed by atoms with Crippen molar-refractivity contribution in [3.63, 3.8) is 0 Å². The van der Waals surface area contributed by atoms with E-state index >= 15 is 0 Å². The lowest BCUT2D eigenvalue weighted by Crippen LogP contribution is -2.61. The molecule has 0 heterocycles. The first kappa shape index (κ1) is 19.7. The number of aliphatic hydroxyl groups is 2. The Morgan fingerprint density at radius 3 is 2.57 bits per heavy atom. The first-order valence-electron chi connectivity index (χ1n) is 10.5. The number of ketones is 3. The van der Waals surface area contributed by atoms with Crippen LogP contribution in [-0.2, 0) is 14.4 Å². The number of allylic oxidation sites excluding steroid dienone is 4. The van der Waals surface area contributed by atoms with E-state index in [0.717, 1.165) is 30.4 Å². The third kappa shape index (κ3) is 2.23. The fourth-order valence-corrected chi connectivity index (χ4v) is 7.30. The quantitative estimate of drug-likeness (QED) is 0.778. The minimum atomic E-state index is -1.63. The van der Waals surface area contributed by atoms with E-state index in [-0.39, 0.29) is 35.7 Å². The largest absolute Gasteiger partial charge is 0.388 e. The van der Waals surface area contributed by atoms with Crippen molar-refractivity contribution in [2.75, 3.05) is 6.61 Å². The molecule has 4 aliphatic carbocycles. The summed E-state index contributed by atoms with van der Waals surface area (Å²) in [7, 11) is 0. The SMILES string of the molecule is CCC1=CC(=O)C=C2CC[C@@H]3[C@H](C(=O)C[C@@]4(C)[C@H]3CC[C@]4(O)C(=O)CO)[C@]12C. The molecule has 4 aliphatic rings. The summed E-state index contributed by atoms with van der Waals surface area (Å²) in [5.41, 5.74) is -0.804. The molecule has 0 saturated heterocycles. The van der Waals surface area contributed by atoms with Gasteiger partial charge >= 0.3 is 0 Å². The Kier molecular flexibility index (Phi) is 4.37. The van der Waals surface area contributed by atoms with E-state index in [9.17, 15) is 24.6 Å². The van der Waals surface area contributed by atoms with Crippen LogP contribution in [0.15, 0.2) is 23.3 Å². The smallest absolute Gasteiger partial charge is 0.190 e. The number of fused-ring (bicyclic) bond motifs is 5. The van der Waals surface area contributed by atoms with E-state index in [1.165, 1.54) is 0 Å². The highest BCUT2D eigenvalue weighted by molar-refractivity contribution is 6.02. The van der Waals surface area contributed by atoms with Gasteiger partial charge in [-0.1, -0.05) is 31.9 Å². The van der Waals surface area contributed by atoms with Crippen LogP contribution in [0, 0.1) is 28.6 Å². The van der Waals surface area contributed by atoms with Gasteiger partial charge in [0.2, 0.25) is 0 Å². The monoisotopic (exact) mass is 386 g/mol. The second kappa shape index (κ2) is 6.20. The summed E-state index contributed by atoms with van der Waals surface area (Å²) in [6.45, 7) is 5.30. The van der Waals surface area contributed by atoms with Crippen LogP contribution in [0.5, 0.6) is 0 Å². The average Bonchev–Trinajstić information content (AvgIpc) is 2.92. The maximum atomic E-state index is 13.6. The fourth-order valence-electron chi connectivity index (χ4n) is 7.30. The summed E-state index contributed by atoms with van der Waals surface area (Å²) in [6.07, 6.45) is 6.85. The van der Waals surface area contributed by atoms with E-state index in [1.807, 2.05) is 13.8 Å². The second-order valence-electron chi connectivity index (χ2n) is 9.62. The molecule has 2 N–H and O–H groups in total. The standard InChI is InChI=1S/C23H30O5/c1-4-13-9-15(25)10-14-5-6-16-17-7-8-23(28,19(27)12-24)21(17,2)11-18(26)20(16)22(13,14)3/h9-10,16-17,20,24,28H,4-8,11-12H2,1-3H3/t16-,17-,20+,21-,22+,23-/m0/s1. The third-order valence-electron chi connectivity index (χ3n) is 8.74. The zero-order valence-corrected chi connectivity index (χ0v) is 17.0. The summed E-state index contributed by atoms with van der Waals surface area (Å²) in [6, 6.07) is 0. The molecule has 3 fully saturated rings. The van der Waals surface area contributed by atoms with Crippen molar-refractivity contribution >= 4 is 17.3 Å². The van der Waals surface area contributed by atoms with Crippen molar-refractivity contribution in [3.8, 4) is 0 Å². The summed E-state index contributed by atoms with van der Waals surface area (Å²) in [5.74, 6) is -0.543. The third-order valence-corrected chi connectivity index (χ3v) is 8.74. The summed E-state index contributed by atoms with van der Waals surface area (Å²) in [4.78, 5) is 38.1. The molecule has 0 amide bonds. The Labute approximate surface area is 165 Å². The van der Waals surface area contributed by atoms with Gasteiger partial charge in [0, 0.05) is 23.2 Å². The molecule has 0 aromatic rings. The number of rotatable bonds is 3. The van der Waals surface area contributed by atoms with E-state index in [1.54, 1.807) is 12.2 Å². The molecule has 0 aromatic carbocycles. The lowest BCUT2D eigenvalue weighted by Gasteiger charge is -2.58. The van der Waals surface area contributed by atoms with Crippen molar-refractivity contribution in [2.24, 2.45) is 28.6 Å². The number of hydrogen-bond donors (Lipinski definition) is 2. The highest BCUT2D eigenvalue weighted by atomic mass is 16.3. The molecule has 3 saturated carbocycles. The van der Waals surface area contributed by atoms with Crippen LogP contribution in [-0.4, -0.2) is 39.8 Å². The summed E-state index contributed by atoms with van der Waals surface area (Å²) in [5, 5.41) is 20.6. The van der Waals surface area contributed by atoms with Gasteiger partial charge in [-0.05, 0) is 56.1 Å². The Morgan fingerprint density at radius 1 is 1.21 bits per heavy atom. The van der Waals surface area contributed by atoms with Gasteiger partial charge in [0.25, 0.3) is 0 Å². The van der Waals surface area contributed by atoms with E-state index in [4.69, 9.17) is 0 Å². The topological polar surface area (TPSA) is 91.7 Å². The summed E-state index contributed by atoms with van der Waals surface area (Å²) < 4.78 is 0. The molecule has 0 spiro atoms. The Hall–Kier alpha value is -1.59. The number of hydrogen-bond acceptors (Lipinski definition) is 5. The number of Topliss-reactive ketones (excluding diaryl/α,β-unsaturated/α-hetero) is 2. The van der Waals surface area contributed by atoms with Gasteiger partial charge in [-0.25, -0.2) is 0 Å². The highest BCUT2D eigenvalue weighted by Gasteiger charge is 2.68. The van der Waals surface area contributed by atoms with Gasteiger partial charge in [-0.2, -0.15) is 0 Å². The minimum absolute atomic E-state index is 0.0136. The van der Waals surface area contributed by atoms with E-state index in [2.05, 4.69) is 6.92 Å². The average molecular weight is 386 g/mol. The van der Waals surface area contributed by atoms with Gasteiger partial charge in [0.05, 0.1) is 0 Å². The summed E-state index contributed by atoms with van der Waals surface area (Å²) >= 11 is 0. The van der Waals surface area contributed by atoms with Crippen molar-refractivity contribution in [3.05, 3.63) is 23.3 Å². The first-order chi connectivity index (χ1) is 13.1. The predicted octanol–water partition coefficient (Wildman–Crippen LogP) is 2.55. The maximum absolute atomic E-state index is 13.6. The Morgan fingerprint density at radius 2 is 1.93 bits per heavy atom. The van der Waals surface area contributed by atoms with Crippen molar-refractivity contribution in [1.29, 1.82) is 0 Å². The Bertz CT molecular complexity index is 805. The van der Waals surface area contributed by atoms with Gasteiger partial charge in [0.1, 0.15) is 18.0 Å². The van der Waals surface area contributed by atoms with Crippen LogP contribution >= 0.6 is 0 Å². The van der Waals surface area contributed by atoms with Crippen molar-refractivity contribution < 1.29 is 24.6 Å². The first-order valence-corrected chi connectivity index (χ1v) is 10.5. The lowest BCUT2D eigenvalue weighted by molar-refractivity contribution is -0.169. The second-order valence-corrected chi connectivity index (χ2v) is 9.62. The number of carbonyl (C=O) groups is 3. The van der Waals surface area contributed by atoms with Gasteiger partial charge in [0.15, 0.2) is 11.6 Å². The molecule has 6 atom stereocenters. The lowest BCUT2D eigenvalue weighted by atomic mass is 9.45. The van der Waals surface area contributed by atoms with Crippen LogP contribution in [0.2, 0.25) is 0 Å². The molecular formula is C23H30O5. The van der Waals surface area contributed by atoms with E-state index in [0.29, 0.717) is 12.8 Å². The normalized spacial score (nSPS) is 45.0. The van der Waals surface area contributed by atoms with Gasteiger partial charge in [-0.3, -0.25) is 14.4 Å². The van der Waals surface area contributed by atoms with Crippen LogP contribution in [0.25, 0.3) is 0 Å². The molecule has 5 nitrogen and oxygen atoms in total. The minimum Gasteiger partial charge on any atom is -0.388 e. The van der Waals surface area contributed by atoms with Gasteiger partial charge in [-0.15, -0.1) is 0 Å². The van der Waals surface area contributed by atoms with Crippen LogP contribution in [0.3, 0.4) is 0 Å². The molecule has 4 rings (SSSR count). The molecule has 28 heavy (non-hydrogen) atoms. The van der Waals surface area contributed by atoms with Gasteiger partial charge < -0.3 is 10.2 Å². The molecule has 0 aromatic heterocycles. The molecule has 0 radical (unpaired) electrons. The zero-order valence-electron chi connectivity index (χ0n) is 17.0. The molecular weight excluding hydrogens is 356 g/mol. The molecule has 5 heteroatoms. The van der Waals surface area contributed by atoms with E-state index < -0.39 is 28.8 Å². The fraction of sp³-hybridized carbons (Fsp3) is 0.696. The van der Waals surface area contributed by atoms with Crippen LogP contribution < -0.4 is 0 Å². The molecule has 0 unspecified atom stereocenters. The van der Waals surface area contributed by atoms with Crippen molar-refractivity contribution in [1.82, 2.24) is 0 Å². The number of aliphatic hydroxyl groups excluding tert-OH is 1. The molecule has 152 valence electrons. The van der Waals surface area contributed by atoms with Crippen molar-refractivity contribution in [2.45, 2.75) is 64.9 Å². The zero-order chi connectivity index (χ0) is 20.5. The predicted molar refractivity (Wildman–Crippen MR) is 103 cm³/mol. The van der Waals surface area contributed by atoms with Crippen LogP contribution in [0.4, 0.5) is 0 Å². The Balaban J connectivity index is 1.79. The highest BCUT2D eigenvalue weighted by Crippen LogP contribution is 2.67. The molecule has 0 bridgehead atoms. The van der Waals surface area contributed by atoms with Crippen LogP contribution in [0.1, 0.15) is 59.3 Å². The number of carbonyl (C=O) groups excluding carboxylic acids is 3. The maximum Gasteiger partial charge on any atom is 0.190 e. The molecule has 0 aliphatic heterocycles.